The minimum Gasteiger partial charge on any atom is -0.438 e. The fourth-order valence-corrected chi connectivity index (χ4v) is 4.19. The summed E-state index contributed by atoms with van der Waals surface area (Å²) in [5.74, 6) is 0.281. The Morgan fingerprint density at radius 2 is 1.81 bits per heavy atom. The molecule has 1 aliphatic heterocycles. The van der Waals surface area contributed by atoms with E-state index in [1.807, 2.05) is 50.2 Å². The highest BCUT2D eigenvalue weighted by atomic mass is 19.1. The number of carbonyl (C=O) groups excluding carboxylic acids is 1. The molecule has 0 spiro atoms. The number of aryl methyl sites for hydroxylation is 2. The number of urea groups is 1. The molecule has 5 rings (SSSR count). The van der Waals surface area contributed by atoms with Crippen molar-refractivity contribution in [2.24, 2.45) is 0 Å². The van der Waals surface area contributed by atoms with Crippen molar-refractivity contribution in [3.63, 3.8) is 0 Å². The number of hydrogen-bond donors (Lipinski definition) is 1. The molecule has 1 fully saturated rings. The monoisotopic (exact) mass is 429 g/mol. The highest BCUT2D eigenvalue weighted by Gasteiger charge is 2.33. The van der Waals surface area contributed by atoms with Crippen LogP contribution in [0.5, 0.6) is 0 Å². The normalized spacial score (nSPS) is 16.0. The van der Waals surface area contributed by atoms with Crippen LogP contribution < -0.4 is 5.32 Å². The first-order chi connectivity index (χ1) is 15.5. The van der Waals surface area contributed by atoms with E-state index in [1.54, 1.807) is 17.0 Å². The number of benzene rings is 3. The summed E-state index contributed by atoms with van der Waals surface area (Å²) in [5, 5.41) is 3.01. The molecule has 0 aliphatic carbocycles. The van der Waals surface area contributed by atoms with Crippen LogP contribution in [0.15, 0.2) is 65.1 Å². The molecule has 162 valence electrons. The summed E-state index contributed by atoms with van der Waals surface area (Å²) in [6.07, 6.45) is 1.70. The largest absolute Gasteiger partial charge is 0.438 e. The minimum atomic E-state index is -0.265. The van der Waals surface area contributed by atoms with Gasteiger partial charge in [0.1, 0.15) is 17.4 Å². The number of oxazole rings is 1. The van der Waals surface area contributed by atoms with Crippen molar-refractivity contribution in [1.82, 2.24) is 9.88 Å². The Morgan fingerprint density at radius 3 is 2.59 bits per heavy atom. The maximum absolute atomic E-state index is 13.2. The number of nitrogens with one attached hydrogen (secondary N) is 1. The van der Waals surface area contributed by atoms with Crippen molar-refractivity contribution in [3.05, 3.63) is 83.5 Å². The molecule has 1 aliphatic rings. The number of aromatic nitrogens is 1. The van der Waals surface area contributed by atoms with Crippen molar-refractivity contribution in [3.8, 4) is 11.1 Å². The molecule has 32 heavy (non-hydrogen) atoms. The zero-order valence-electron chi connectivity index (χ0n) is 18.1. The van der Waals surface area contributed by atoms with Crippen LogP contribution in [0.1, 0.15) is 35.9 Å². The fraction of sp³-hybridized carbons (Fsp3) is 0.231. The predicted molar refractivity (Wildman–Crippen MR) is 123 cm³/mol. The lowest BCUT2D eigenvalue weighted by atomic mass is 10.1. The molecule has 0 saturated carbocycles. The van der Waals surface area contributed by atoms with Crippen LogP contribution in [-0.4, -0.2) is 22.5 Å². The second-order valence-corrected chi connectivity index (χ2v) is 8.32. The standard InChI is InChI=1S/C26H24FN3O2/c1-16-5-11-21(14-17(16)2)28-26(31)30-13-3-4-23(30)25-29-22-15-19(8-12-24(22)32-25)18-6-9-20(27)10-7-18/h5-12,14-15,23H,3-4,13H2,1-2H3,(H,28,31). The average molecular weight is 429 g/mol. The van der Waals surface area contributed by atoms with Gasteiger partial charge in [-0.05, 0) is 85.3 Å². The van der Waals surface area contributed by atoms with Crippen molar-refractivity contribution < 1.29 is 13.6 Å². The van der Waals surface area contributed by atoms with Crippen LogP contribution in [-0.2, 0) is 0 Å². The lowest BCUT2D eigenvalue weighted by Crippen LogP contribution is -2.34. The van der Waals surface area contributed by atoms with E-state index in [4.69, 9.17) is 9.40 Å². The molecule has 1 saturated heterocycles. The lowest BCUT2D eigenvalue weighted by molar-refractivity contribution is 0.199. The molecule has 0 bridgehead atoms. The van der Waals surface area contributed by atoms with Crippen LogP contribution in [0.4, 0.5) is 14.9 Å². The van der Waals surface area contributed by atoms with Crippen molar-refractivity contribution in [2.45, 2.75) is 32.7 Å². The second kappa shape index (κ2) is 8.11. The fourth-order valence-electron chi connectivity index (χ4n) is 4.19. The third-order valence-corrected chi connectivity index (χ3v) is 6.14. The third kappa shape index (κ3) is 3.84. The Hall–Kier alpha value is -3.67. The number of anilines is 1. The van der Waals surface area contributed by atoms with E-state index in [-0.39, 0.29) is 17.9 Å². The van der Waals surface area contributed by atoms with E-state index < -0.39 is 0 Å². The smallest absolute Gasteiger partial charge is 0.322 e. The number of hydrogen-bond acceptors (Lipinski definition) is 3. The maximum Gasteiger partial charge on any atom is 0.322 e. The lowest BCUT2D eigenvalue weighted by Gasteiger charge is -2.22. The molecule has 6 heteroatoms. The molecule has 1 N–H and O–H groups in total. The third-order valence-electron chi connectivity index (χ3n) is 6.14. The van der Waals surface area contributed by atoms with Crippen LogP contribution in [0.25, 0.3) is 22.2 Å². The first-order valence-corrected chi connectivity index (χ1v) is 10.8. The zero-order chi connectivity index (χ0) is 22.2. The van der Waals surface area contributed by atoms with Crippen LogP contribution >= 0.6 is 0 Å². The summed E-state index contributed by atoms with van der Waals surface area (Å²) in [7, 11) is 0. The molecule has 3 aromatic carbocycles. The summed E-state index contributed by atoms with van der Waals surface area (Å²) in [5.41, 5.74) is 6.35. The molecular weight excluding hydrogens is 405 g/mol. The molecule has 4 aromatic rings. The van der Waals surface area contributed by atoms with E-state index in [9.17, 15) is 9.18 Å². The van der Waals surface area contributed by atoms with Gasteiger partial charge in [0.15, 0.2) is 5.58 Å². The van der Waals surface area contributed by atoms with Gasteiger partial charge in [-0.3, -0.25) is 0 Å². The first kappa shape index (κ1) is 20.2. The van der Waals surface area contributed by atoms with Gasteiger partial charge in [-0.2, -0.15) is 0 Å². The Balaban J connectivity index is 1.39. The summed E-state index contributed by atoms with van der Waals surface area (Å²) in [6.45, 7) is 4.73. The van der Waals surface area contributed by atoms with Crippen molar-refractivity contribution in [1.29, 1.82) is 0 Å². The number of fused-ring (bicyclic) bond motifs is 1. The van der Waals surface area contributed by atoms with E-state index in [0.29, 0.717) is 18.0 Å². The Kier molecular flexibility index (Phi) is 5.13. The first-order valence-electron chi connectivity index (χ1n) is 10.8. The van der Waals surface area contributed by atoms with Gasteiger partial charge >= 0.3 is 6.03 Å². The Bertz CT molecular complexity index is 1300. The summed E-state index contributed by atoms with van der Waals surface area (Å²) in [4.78, 5) is 19.5. The van der Waals surface area contributed by atoms with Crippen molar-refractivity contribution >= 4 is 22.8 Å². The van der Waals surface area contributed by atoms with Crippen LogP contribution in [0.2, 0.25) is 0 Å². The predicted octanol–water partition coefficient (Wildman–Crippen LogP) is 6.62. The molecule has 2 heterocycles. The van der Waals surface area contributed by atoms with Crippen molar-refractivity contribution in [2.75, 3.05) is 11.9 Å². The molecule has 0 radical (unpaired) electrons. The number of rotatable bonds is 3. The highest BCUT2D eigenvalue weighted by Crippen LogP contribution is 2.35. The van der Waals surface area contributed by atoms with E-state index in [2.05, 4.69) is 5.32 Å². The number of halogens is 1. The molecule has 1 unspecified atom stereocenters. The molecular formula is C26H24FN3O2. The summed E-state index contributed by atoms with van der Waals surface area (Å²) in [6, 6.07) is 17.7. The molecule has 1 atom stereocenters. The van der Waals surface area contributed by atoms with Gasteiger partial charge < -0.3 is 14.6 Å². The number of nitrogens with zero attached hydrogens (tertiary/aromatic N) is 2. The SMILES string of the molecule is Cc1ccc(NC(=O)N2CCCC2c2nc3cc(-c4ccc(F)cc4)ccc3o2)cc1C. The molecule has 1 aromatic heterocycles. The number of carbonyl (C=O) groups is 1. The zero-order valence-corrected chi connectivity index (χ0v) is 18.1. The summed E-state index contributed by atoms with van der Waals surface area (Å²) >= 11 is 0. The molecule has 2 amide bonds. The van der Waals surface area contributed by atoms with Gasteiger partial charge in [0.2, 0.25) is 5.89 Å². The van der Waals surface area contributed by atoms with E-state index >= 15 is 0 Å². The minimum absolute atomic E-state index is 0.148. The van der Waals surface area contributed by atoms with E-state index in [1.165, 1.54) is 17.7 Å². The summed E-state index contributed by atoms with van der Waals surface area (Å²) < 4.78 is 19.3. The van der Waals surface area contributed by atoms with Gasteiger partial charge in [0, 0.05) is 12.2 Å². The van der Waals surface area contributed by atoms with E-state index in [0.717, 1.165) is 40.7 Å². The number of likely N-dealkylation sites (tertiary alicyclic amines) is 1. The van der Waals surface area contributed by atoms with Gasteiger partial charge in [0.05, 0.1) is 0 Å². The highest BCUT2D eigenvalue weighted by molar-refractivity contribution is 5.90. The quantitative estimate of drug-likeness (QED) is 0.398. The van der Waals surface area contributed by atoms with Crippen LogP contribution in [0, 0.1) is 19.7 Å². The van der Waals surface area contributed by atoms with Gasteiger partial charge in [-0.1, -0.05) is 24.3 Å². The van der Waals surface area contributed by atoms with Crippen LogP contribution in [0.3, 0.4) is 0 Å². The van der Waals surface area contributed by atoms with Gasteiger partial charge in [-0.15, -0.1) is 0 Å². The molecule has 5 nitrogen and oxygen atoms in total. The maximum atomic E-state index is 13.2. The second-order valence-electron chi connectivity index (χ2n) is 8.32. The average Bonchev–Trinajstić information content (AvgIpc) is 3.43. The van der Waals surface area contributed by atoms with Gasteiger partial charge in [-0.25, -0.2) is 14.2 Å². The number of amides is 2. The Morgan fingerprint density at radius 1 is 1.03 bits per heavy atom. The van der Waals surface area contributed by atoms with Gasteiger partial charge in [0.25, 0.3) is 0 Å². The Labute approximate surface area is 185 Å². The topological polar surface area (TPSA) is 58.4 Å².